The Morgan fingerprint density at radius 1 is 1.24 bits per heavy atom. The molecule has 7 nitrogen and oxygen atoms in total. The van der Waals surface area contributed by atoms with Crippen molar-refractivity contribution in [3.05, 3.63) is 45.1 Å². The largest absolute Gasteiger partial charge is 0.618 e. The van der Waals surface area contributed by atoms with Crippen LogP contribution in [-0.2, 0) is 4.74 Å². The minimum Gasteiger partial charge on any atom is -0.618 e. The minimum absolute atomic E-state index is 0.0283. The van der Waals surface area contributed by atoms with E-state index in [-0.39, 0.29) is 33.8 Å². The normalized spacial score (nSPS) is 13.6. The van der Waals surface area contributed by atoms with Gasteiger partial charge in [0, 0.05) is 27.0 Å². The van der Waals surface area contributed by atoms with Gasteiger partial charge in [0.25, 0.3) is 0 Å². The maximum absolute atomic E-state index is 12.4. The second kappa shape index (κ2) is 5.01. The van der Waals surface area contributed by atoms with Crippen LogP contribution in [0.5, 0.6) is 0 Å². The van der Waals surface area contributed by atoms with Gasteiger partial charge in [-0.3, -0.25) is 9.59 Å². The van der Waals surface area contributed by atoms with E-state index in [2.05, 4.69) is 10.1 Å². The van der Waals surface area contributed by atoms with Gasteiger partial charge in [-0.1, -0.05) is 0 Å². The molecule has 0 bridgehead atoms. The molecule has 1 aromatic rings. The molecule has 0 aromatic carbocycles. The molecule has 1 N–H and O–H groups in total. The Kier molecular flexibility index (Phi) is 3.51. The fourth-order valence-corrected chi connectivity index (χ4v) is 2.41. The lowest BCUT2D eigenvalue weighted by Gasteiger charge is -2.20. The third-order valence-electron chi connectivity index (χ3n) is 3.49. The number of Topliss-reactive ketones (excluding diaryl/α,β-unsaturated/α-hetero) is 1. The highest BCUT2D eigenvalue weighted by atomic mass is 16.5. The molecule has 2 rings (SSSR count). The van der Waals surface area contributed by atoms with Crippen molar-refractivity contribution in [1.82, 2.24) is 5.32 Å². The summed E-state index contributed by atoms with van der Waals surface area (Å²) in [6.07, 6.45) is 1.12. The number of likely N-dealkylation sites (N-methyl/N-ethyl adjacent to an activating group) is 1. The highest BCUT2D eigenvalue weighted by Gasteiger charge is 2.38. The zero-order valence-electron chi connectivity index (χ0n) is 12.1. The topological polar surface area (TPSA) is 99.4 Å². The molecule has 0 aliphatic heterocycles. The second-order valence-electron chi connectivity index (χ2n) is 4.58. The van der Waals surface area contributed by atoms with Gasteiger partial charge in [0.1, 0.15) is 11.1 Å². The third kappa shape index (κ3) is 1.97. The zero-order chi connectivity index (χ0) is 15.9. The Bertz CT molecular complexity index is 719. The SMILES string of the molecule is CNC1=CC(=O)c2c(C(=O)OC)c(C)[n+]([O-])c(C)c2C1=O. The number of hydrogen-bond donors (Lipinski definition) is 1. The van der Waals surface area contributed by atoms with E-state index < -0.39 is 17.5 Å². The third-order valence-corrected chi connectivity index (χ3v) is 3.49. The first kappa shape index (κ1) is 14.7. The molecule has 0 unspecified atom stereocenters. The molecule has 0 saturated heterocycles. The number of rotatable bonds is 2. The molecule has 0 saturated carbocycles. The van der Waals surface area contributed by atoms with Crippen molar-refractivity contribution in [3.63, 3.8) is 0 Å². The number of aromatic nitrogens is 1. The predicted octanol–water partition coefficient (Wildman–Crippen LogP) is 0.206. The number of fused-ring (bicyclic) bond motifs is 1. The Morgan fingerprint density at radius 2 is 1.86 bits per heavy atom. The van der Waals surface area contributed by atoms with Crippen LogP contribution in [0.3, 0.4) is 0 Å². The quantitative estimate of drug-likeness (QED) is 0.475. The molecule has 21 heavy (non-hydrogen) atoms. The summed E-state index contributed by atoms with van der Waals surface area (Å²) in [5, 5.41) is 14.7. The second-order valence-corrected chi connectivity index (χ2v) is 4.58. The summed E-state index contributed by atoms with van der Waals surface area (Å²) < 4.78 is 5.09. The molecular formula is C14H14N2O5. The van der Waals surface area contributed by atoms with Gasteiger partial charge >= 0.3 is 5.97 Å². The number of pyridine rings is 1. The summed E-state index contributed by atoms with van der Waals surface area (Å²) >= 11 is 0. The maximum Gasteiger partial charge on any atom is 0.345 e. The number of hydrogen-bond acceptors (Lipinski definition) is 6. The number of carbonyl (C=O) groups is 3. The van der Waals surface area contributed by atoms with Crippen LogP contribution in [0.1, 0.15) is 42.5 Å². The van der Waals surface area contributed by atoms with E-state index in [4.69, 9.17) is 0 Å². The van der Waals surface area contributed by atoms with Gasteiger partial charge in [-0.2, -0.15) is 4.73 Å². The number of allylic oxidation sites excluding steroid dienone is 2. The van der Waals surface area contributed by atoms with Gasteiger partial charge < -0.3 is 15.3 Å². The van der Waals surface area contributed by atoms with E-state index in [9.17, 15) is 19.6 Å². The van der Waals surface area contributed by atoms with Crippen LogP contribution in [0.2, 0.25) is 0 Å². The van der Waals surface area contributed by atoms with Gasteiger partial charge in [0.15, 0.2) is 5.78 Å². The summed E-state index contributed by atoms with van der Waals surface area (Å²) in [5.41, 5.74) is -0.121. The predicted molar refractivity (Wildman–Crippen MR) is 72.0 cm³/mol. The summed E-state index contributed by atoms with van der Waals surface area (Å²) in [6, 6.07) is 0. The Labute approximate surface area is 120 Å². The maximum atomic E-state index is 12.4. The van der Waals surface area contributed by atoms with Gasteiger partial charge in [0.05, 0.1) is 18.4 Å². The number of ether oxygens (including phenoxy) is 1. The molecule has 7 heteroatoms. The number of esters is 1. The van der Waals surface area contributed by atoms with Crippen molar-refractivity contribution in [2.45, 2.75) is 13.8 Å². The number of carbonyl (C=O) groups excluding carboxylic acids is 3. The summed E-state index contributed by atoms with van der Waals surface area (Å²) in [6.45, 7) is 2.84. The van der Waals surface area contributed by atoms with E-state index >= 15 is 0 Å². The average molecular weight is 290 g/mol. The van der Waals surface area contributed by atoms with E-state index in [1.165, 1.54) is 20.9 Å². The monoisotopic (exact) mass is 290 g/mol. The number of nitrogens with zero attached hydrogens (tertiary/aromatic N) is 1. The first-order chi connectivity index (χ1) is 9.84. The van der Waals surface area contributed by atoms with Gasteiger partial charge in [-0.15, -0.1) is 0 Å². The van der Waals surface area contributed by atoms with Crippen molar-refractivity contribution >= 4 is 17.5 Å². The van der Waals surface area contributed by atoms with Gasteiger partial charge in [0.2, 0.25) is 17.2 Å². The molecule has 0 radical (unpaired) electrons. The molecule has 0 fully saturated rings. The lowest BCUT2D eigenvalue weighted by molar-refractivity contribution is -0.619. The Morgan fingerprint density at radius 3 is 2.38 bits per heavy atom. The van der Waals surface area contributed by atoms with Crippen molar-refractivity contribution in [2.24, 2.45) is 0 Å². The Balaban J connectivity index is 2.92. The summed E-state index contributed by atoms with van der Waals surface area (Å²) in [4.78, 5) is 36.5. The molecule has 0 spiro atoms. The van der Waals surface area contributed by atoms with Crippen LogP contribution in [0.15, 0.2) is 11.8 Å². The fourth-order valence-electron chi connectivity index (χ4n) is 2.41. The molecule has 1 aliphatic carbocycles. The zero-order valence-corrected chi connectivity index (χ0v) is 12.1. The van der Waals surface area contributed by atoms with Crippen molar-refractivity contribution in [3.8, 4) is 0 Å². The molecule has 1 heterocycles. The van der Waals surface area contributed by atoms with Crippen molar-refractivity contribution in [2.75, 3.05) is 14.2 Å². The van der Waals surface area contributed by atoms with Crippen LogP contribution < -0.4 is 10.0 Å². The number of ketones is 2. The summed E-state index contributed by atoms with van der Waals surface area (Å²) in [5.74, 6) is -1.84. The van der Waals surface area contributed by atoms with E-state index in [1.807, 2.05) is 0 Å². The van der Waals surface area contributed by atoms with E-state index in [0.717, 1.165) is 13.2 Å². The molecule has 0 amide bonds. The fraction of sp³-hybridized carbons (Fsp3) is 0.286. The van der Waals surface area contributed by atoms with Crippen molar-refractivity contribution in [1.29, 1.82) is 0 Å². The van der Waals surface area contributed by atoms with Gasteiger partial charge in [-0.05, 0) is 0 Å². The molecule has 1 aliphatic rings. The van der Waals surface area contributed by atoms with Crippen molar-refractivity contribution < 1.29 is 23.9 Å². The van der Waals surface area contributed by atoms with Crippen LogP contribution in [0.4, 0.5) is 0 Å². The lowest BCUT2D eigenvalue weighted by atomic mass is 9.87. The van der Waals surface area contributed by atoms with Crippen LogP contribution in [0, 0.1) is 19.1 Å². The lowest BCUT2D eigenvalue weighted by Crippen LogP contribution is -2.42. The molecular weight excluding hydrogens is 276 g/mol. The van der Waals surface area contributed by atoms with E-state index in [1.54, 1.807) is 0 Å². The van der Waals surface area contributed by atoms with Gasteiger partial charge in [-0.25, -0.2) is 4.79 Å². The van der Waals surface area contributed by atoms with Crippen LogP contribution in [-0.4, -0.2) is 31.7 Å². The smallest absolute Gasteiger partial charge is 0.345 e. The number of nitrogens with one attached hydrogen (secondary N) is 1. The highest BCUT2D eigenvalue weighted by molar-refractivity contribution is 6.27. The van der Waals surface area contributed by atoms with E-state index in [0.29, 0.717) is 4.73 Å². The minimum atomic E-state index is -0.823. The van der Waals surface area contributed by atoms with Crippen LogP contribution in [0.25, 0.3) is 0 Å². The molecule has 1 aromatic heterocycles. The standard InChI is InChI=1S/C14H14N2O5/c1-6-10-12(9(17)5-8(15-3)13(10)18)11(14(19)21-4)7(2)16(6)20/h5,15H,1-4H3. The number of methoxy groups -OCH3 is 1. The summed E-state index contributed by atoms with van der Waals surface area (Å²) in [7, 11) is 2.64. The average Bonchev–Trinajstić information content (AvgIpc) is 2.47. The van der Waals surface area contributed by atoms with Crippen LogP contribution >= 0.6 is 0 Å². The first-order valence-corrected chi connectivity index (χ1v) is 6.18. The highest BCUT2D eigenvalue weighted by Crippen LogP contribution is 2.27. The first-order valence-electron chi connectivity index (χ1n) is 6.18. The molecule has 110 valence electrons. The Hall–Kier alpha value is -2.70. The molecule has 0 atom stereocenters.